The van der Waals surface area contributed by atoms with Gasteiger partial charge in [-0.1, -0.05) is 62.2 Å². The molecule has 3 aromatic heterocycles. The number of hydrogen-bond donors (Lipinski definition) is 1. The molecule has 0 aliphatic carbocycles. The maximum absolute atomic E-state index is 6.69. The van der Waals surface area contributed by atoms with Crippen LogP contribution < -0.4 is 4.74 Å². The summed E-state index contributed by atoms with van der Waals surface area (Å²) in [5.74, 6) is 1.04. The Morgan fingerprint density at radius 2 is 1.80 bits per heavy atom. The molecule has 0 saturated carbocycles. The molecule has 9 heteroatoms. The van der Waals surface area contributed by atoms with E-state index in [-0.39, 0.29) is 35.0 Å². The largest absolute Gasteiger partial charge is 0.479 e. The van der Waals surface area contributed by atoms with Gasteiger partial charge in [0.15, 0.2) is 5.82 Å². The van der Waals surface area contributed by atoms with E-state index in [1.54, 1.807) is 11.8 Å². The van der Waals surface area contributed by atoms with E-state index in [0.29, 0.717) is 44.2 Å². The van der Waals surface area contributed by atoms with Crippen LogP contribution in [0, 0.1) is 0 Å². The first kappa shape index (κ1) is 23.1. The van der Waals surface area contributed by atoms with Crippen LogP contribution in [0.4, 0.5) is 0 Å². The molecule has 0 spiro atoms. The standard InChI is InChI=1S/C21H21Cl2N5O.Na/c1-21(2,3)18-15(23)17(28(4)27-18)19-24-14-10-13(11-8-6-7-9-12(11)22)25-20(29-5)16(14)26-19;/h6-10H,1-5H3,(H,24,26);. The van der Waals surface area contributed by atoms with Crippen molar-refractivity contribution in [2.24, 2.45) is 7.05 Å². The second-order valence-corrected chi connectivity index (χ2v) is 8.65. The number of ether oxygens (including phenoxy) is 1. The predicted molar refractivity (Wildman–Crippen MR) is 123 cm³/mol. The third-order valence-corrected chi connectivity index (χ3v) is 5.40. The smallest absolute Gasteiger partial charge is 0.240 e. The van der Waals surface area contributed by atoms with Crippen LogP contribution in [-0.4, -0.2) is 61.4 Å². The molecule has 0 unspecified atom stereocenters. The van der Waals surface area contributed by atoms with Crippen molar-refractivity contribution >= 4 is 63.8 Å². The number of hydrogen-bond acceptors (Lipinski definition) is 4. The summed E-state index contributed by atoms with van der Waals surface area (Å²) >= 11 is 13.0. The molecule has 1 radical (unpaired) electrons. The minimum absolute atomic E-state index is 0. The van der Waals surface area contributed by atoms with E-state index in [4.69, 9.17) is 32.9 Å². The first-order valence-corrected chi connectivity index (χ1v) is 9.89. The zero-order valence-electron chi connectivity index (χ0n) is 17.8. The van der Waals surface area contributed by atoms with Crippen LogP contribution in [0.15, 0.2) is 30.3 Å². The third kappa shape index (κ3) is 3.99. The van der Waals surface area contributed by atoms with E-state index in [1.807, 2.05) is 37.4 Å². The van der Waals surface area contributed by atoms with Crippen molar-refractivity contribution in [1.29, 1.82) is 0 Å². The maximum Gasteiger partial charge on any atom is 0.240 e. The van der Waals surface area contributed by atoms with Crippen LogP contribution in [0.25, 0.3) is 33.8 Å². The van der Waals surface area contributed by atoms with Gasteiger partial charge < -0.3 is 9.72 Å². The van der Waals surface area contributed by atoms with Gasteiger partial charge in [0.25, 0.3) is 0 Å². The number of halogens is 2. The van der Waals surface area contributed by atoms with Gasteiger partial charge in [0.2, 0.25) is 5.88 Å². The maximum atomic E-state index is 6.69. The van der Waals surface area contributed by atoms with Crippen molar-refractivity contribution < 1.29 is 4.74 Å². The fourth-order valence-electron chi connectivity index (χ4n) is 3.28. The summed E-state index contributed by atoms with van der Waals surface area (Å²) in [6.07, 6.45) is 0. The summed E-state index contributed by atoms with van der Waals surface area (Å²) in [6.45, 7) is 6.23. The molecule has 0 fully saturated rings. The molecule has 1 N–H and O–H groups in total. The summed E-state index contributed by atoms with van der Waals surface area (Å²) in [5.41, 5.74) is 4.24. The SMILES string of the molecule is COc1nc(-c2ccccc2Cl)cc2nc(-c3c(Cl)c(C(C)(C)C)nn3C)[nH]c12.[Na]. The average Bonchev–Trinajstić information content (AvgIpc) is 3.21. The van der Waals surface area contributed by atoms with Gasteiger partial charge in [-0.3, -0.25) is 4.68 Å². The Morgan fingerprint density at radius 1 is 1.10 bits per heavy atom. The topological polar surface area (TPSA) is 68.6 Å². The first-order valence-electron chi connectivity index (χ1n) is 9.13. The predicted octanol–water partition coefficient (Wildman–Crippen LogP) is 5.26. The van der Waals surface area contributed by atoms with E-state index in [0.717, 1.165) is 11.3 Å². The van der Waals surface area contributed by atoms with Crippen LogP contribution in [0.1, 0.15) is 26.5 Å². The van der Waals surface area contributed by atoms with Gasteiger partial charge in [0, 0.05) is 52.6 Å². The fourth-order valence-corrected chi connectivity index (χ4v) is 4.05. The van der Waals surface area contributed by atoms with Gasteiger partial charge in [-0.2, -0.15) is 5.10 Å². The van der Waals surface area contributed by atoms with Crippen LogP contribution in [-0.2, 0) is 12.5 Å². The van der Waals surface area contributed by atoms with Gasteiger partial charge >= 0.3 is 0 Å². The number of benzene rings is 1. The number of fused-ring (bicyclic) bond motifs is 1. The average molecular weight is 453 g/mol. The first-order chi connectivity index (χ1) is 13.7. The van der Waals surface area contributed by atoms with Crippen molar-refractivity contribution in [2.75, 3.05) is 7.11 Å². The number of pyridine rings is 1. The summed E-state index contributed by atoms with van der Waals surface area (Å²) in [4.78, 5) is 12.7. The summed E-state index contributed by atoms with van der Waals surface area (Å²) in [6, 6.07) is 9.42. The van der Waals surface area contributed by atoms with Crippen LogP contribution in [0.2, 0.25) is 10.0 Å². The zero-order chi connectivity index (χ0) is 20.9. The molecule has 4 rings (SSSR count). The van der Waals surface area contributed by atoms with Crippen molar-refractivity contribution in [1.82, 2.24) is 24.7 Å². The Labute approximate surface area is 207 Å². The van der Waals surface area contributed by atoms with Crippen molar-refractivity contribution in [3.8, 4) is 28.7 Å². The number of aromatic amines is 1. The number of imidazole rings is 1. The molecule has 4 aromatic rings. The molecule has 0 atom stereocenters. The molecule has 3 heterocycles. The van der Waals surface area contributed by atoms with Gasteiger partial charge in [-0.25, -0.2) is 9.97 Å². The van der Waals surface area contributed by atoms with E-state index >= 15 is 0 Å². The molecule has 1 aromatic carbocycles. The quantitative estimate of drug-likeness (QED) is 0.430. The number of aromatic nitrogens is 5. The van der Waals surface area contributed by atoms with Crippen LogP contribution >= 0.6 is 23.2 Å². The Kier molecular flexibility index (Phi) is 6.56. The molecule has 151 valence electrons. The molecule has 30 heavy (non-hydrogen) atoms. The molecular formula is C21H21Cl2N5NaO. The molecular weight excluding hydrogens is 432 g/mol. The number of H-pyrrole nitrogens is 1. The van der Waals surface area contributed by atoms with Crippen LogP contribution in [0.3, 0.4) is 0 Å². The minimum Gasteiger partial charge on any atom is -0.479 e. The van der Waals surface area contributed by atoms with Crippen molar-refractivity contribution in [3.63, 3.8) is 0 Å². The second kappa shape index (κ2) is 8.52. The van der Waals surface area contributed by atoms with Gasteiger partial charge in [-0.15, -0.1) is 0 Å². The second-order valence-electron chi connectivity index (χ2n) is 7.86. The number of methoxy groups -OCH3 is 1. The Balaban J connectivity index is 0.00000256. The molecule has 0 aliphatic heterocycles. The number of nitrogens with zero attached hydrogens (tertiary/aromatic N) is 4. The van der Waals surface area contributed by atoms with Gasteiger partial charge in [0.05, 0.1) is 29.0 Å². The van der Waals surface area contributed by atoms with Gasteiger partial charge in [-0.05, 0) is 12.1 Å². The van der Waals surface area contributed by atoms with E-state index < -0.39 is 0 Å². The van der Waals surface area contributed by atoms with Crippen LogP contribution in [0.5, 0.6) is 5.88 Å². The molecule has 0 aliphatic rings. The Bertz CT molecular complexity index is 1230. The van der Waals surface area contributed by atoms with Crippen molar-refractivity contribution in [2.45, 2.75) is 26.2 Å². The molecule has 0 amide bonds. The Hall–Kier alpha value is -1.57. The summed E-state index contributed by atoms with van der Waals surface area (Å²) in [7, 11) is 3.43. The monoisotopic (exact) mass is 452 g/mol. The molecule has 6 nitrogen and oxygen atoms in total. The fraction of sp³-hybridized carbons (Fsp3) is 0.286. The van der Waals surface area contributed by atoms with E-state index in [2.05, 4.69) is 35.8 Å². The normalized spacial score (nSPS) is 11.6. The van der Waals surface area contributed by atoms with Crippen molar-refractivity contribution in [3.05, 3.63) is 46.1 Å². The molecule has 0 bridgehead atoms. The number of rotatable bonds is 3. The van der Waals surface area contributed by atoms with E-state index in [9.17, 15) is 0 Å². The summed E-state index contributed by atoms with van der Waals surface area (Å²) < 4.78 is 7.26. The van der Waals surface area contributed by atoms with E-state index in [1.165, 1.54) is 0 Å². The number of aryl methyl sites for hydroxylation is 1. The Morgan fingerprint density at radius 3 is 2.40 bits per heavy atom. The minimum atomic E-state index is -0.185. The molecule has 0 saturated heterocycles. The van der Waals surface area contributed by atoms with Gasteiger partial charge in [0.1, 0.15) is 11.2 Å². The third-order valence-electron chi connectivity index (χ3n) is 4.71. The zero-order valence-corrected chi connectivity index (χ0v) is 21.4. The summed E-state index contributed by atoms with van der Waals surface area (Å²) in [5, 5.41) is 5.80. The number of nitrogens with one attached hydrogen (secondary N) is 1.